The zero-order chi connectivity index (χ0) is 24.7. The molecule has 0 aromatic rings. The van der Waals surface area contributed by atoms with Crippen LogP contribution in [0.3, 0.4) is 0 Å². The molecule has 0 saturated heterocycles. The van der Waals surface area contributed by atoms with Gasteiger partial charge in [-0.15, -0.1) is 6.54 Å². The van der Waals surface area contributed by atoms with Crippen molar-refractivity contribution in [3.63, 3.8) is 0 Å². The highest BCUT2D eigenvalue weighted by atomic mass is 32.2. The van der Waals surface area contributed by atoms with Crippen molar-refractivity contribution in [1.82, 2.24) is 10.6 Å². The van der Waals surface area contributed by atoms with Gasteiger partial charge in [0.25, 0.3) is 0 Å². The van der Waals surface area contributed by atoms with Crippen molar-refractivity contribution in [2.75, 3.05) is 52.7 Å². The first-order valence-electron chi connectivity index (χ1n) is 10.2. The van der Waals surface area contributed by atoms with Crippen molar-refractivity contribution in [3.8, 4) is 0 Å². The summed E-state index contributed by atoms with van der Waals surface area (Å²) in [6, 6.07) is -0.392. The predicted octanol–water partition coefficient (Wildman–Crippen LogP) is 2.30. The third-order valence-corrected chi connectivity index (χ3v) is 5.29. The number of halogens is 3. The Morgan fingerprint density at radius 2 is 1.47 bits per heavy atom. The van der Waals surface area contributed by atoms with Gasteiger partial charge < -0.3 is 29.6 Å². The van der Waals surface area contributed by atoms with Gasteiger partial charge in [-0.05, 0) is 33.1 Å². The molecule has 0 bridgehead atoms. The van der Waals surface area contributed by atoms with Crippen LogP contribution >= 0.6 is 0 Å². The molecule has 0 radical (unpaired) electrons. The largest absolute Gasteiger partial charge is 0.541 e. The first kappa shape index (κ1) is 30.4. The number of nitrogens with one attached hydrogen (secondary N) is 2. The molecule has 0 aromatic heterocycles. The molecule has 0 fully saturated rings. The zero-order valence-corrected chi connectivity index (χ0v) is 19.4. The van der Waals surface area contributed by atoms with Gasteiger partial charge >= 0.3 is 17.5 Å². The van der Waals surface area contributed by atoms with E-state index < -0.39 is 33.5 Å². The molecule has 0 heterocycles. The third kappa shape index (κ3) is 13.7. The lowest BCUT2D eigenvalue weighted by molar-refractivity contribution is -0.153. The average molecular weight is 493 g/mol. The molecule has 0 aromatic carbocycles. The van der Waals surface area contributed by atoms with E-state index in [-0.39, 0.29) is 45.4 Å². The maximum atomic E-state index is 12.1. The van der Waals surface area contributed by atoms with Gasteiger partial charge in [-0.1, -0.05) is 6.92 Å². The Bertz CT molecular complexity index is 659. The Kier molecular flexibility index (Phi) is 14.5. The quantitative estimate of drug-likeness (QED) is 0.235. The van der Waals surface area contributed by atoms with Crippen LogP contribution in [0.4, 0.5) is 18.0 Å². The van der Waals surface area contributed by atoms with Gasteiger partial charge in [0.2, 0.25) is 0 Å². The van der Waals surface area contributed by atoms with E-state index >= 15 is 0 Å². The molecule has 10 nitrogen and oxygen atoms in total. The minimum atomic E-state index is -5.44. The maximum Gasteiger partial charge on any atom is 0.480 e. The van der Waals surface area contributed by atoms with Crippen LogP contribution in [-0.2, 0) is 29.0 Å². The Balaban J connectivity index is 3.50. The van der Waals surface area contributed by atoms with E-state index in [9.17, 15) is 31.2 Å². The molecule has 190 valence electrons. The summed E-state index contributed by atoms with van der Waals surface area (Å²) in [6.07, 6.45) is 1.23. The van der Waals surface area contributed by atoms with Crippen LogP contribution in [0.1, 0.15) is 40.0 Å². The highest BCUT2D eigenvalue weighted by Crippen LogP contribution is 2.27. The molecule has 32 heavy (non-hydrogen) atoms. The Morgan fingerprint density at radius 1 is 0.906 bits per heavy atom. The number of nitrogens with zero attached hydrogens (tertiary/aromatic N) is 1. The van der Waals surface area contributed by atoms with Crippen LogP contribution in [-0.4, -0.2) is 78.6 Å². The first-order chi connectivity index (χ1) is 14.8. The molecule has 0 unspecified atom stereocenters. The van der Waals surface area contributed by atoms with E-state index in [0.29, 0.717) is 26.0 Å². The minimum absolute atomic E-state index is 0.0317. The lowest BCUT2D eigenvalue weighted by Crippen LogP contribution is -2.38. The molecule has 2 amide bonds. The predicted molar refractivity (Wildman–Crippen MR) is 111 cm³/mol. The average Bonchev–Trinajstić information content (AvgIpc) is 2.70. The molecular formula is C18H33F3N3O7S-. The summed E-state index contributed by atoms with van der Waals surface area (Å²) in [5, 5.41) is 5.18. The van der Waals surface area contributed by atoms with E-state index in [4.69, 9.17) is 14.2 Å². The van der Waals surface area contributed by atoms with Crippen LogP contribution < -0.4 is 10.6 Å². The lowest BCUT2D eigenvalue weighted by Gasteiger charge is -2.21. The Morgan fingerprint density at radius 3 is 2.03 bits per heavy atom. The van der Waals surface area contributed by atoms with Gasteiger partial charge in [-0.3, -0.25) is 4.79 Å². The van der Waals surface area contributed by atoms with Crippen LogP contribution in [0.5, 0.6) is 0 Å². The van der Waals surface area contributed by atoms with Crippen molar-refractivity contribution in [2.24, 2.45) is 5.41 Å². The highest BCUT2D eigenvalue weighted by molar-refractivity contribution is 7.94. The van der Waals surface area contributed by atoms with Crippen molar-refractivity contribution in [2.45, 2.75) is 45.5 Å². The number of carbonyl (C=O) groups is 2. The van der Waals surface area contributed by atoms with Crippen molar-refractivity contribution < 1.29 is 45.4 Å². The monoisotopic (exact) mass is 492 g/mol. The number of ether oxygens (including phenoxy) is 3. The second-order valence-corrected chi connectivity index (χ2v) is 8.93. The van der Waals surface area contributed by atoms with E-state index in [1.54, 1.807) is 13.8 Å². The van der Waals surface area contributed by atoms with Crippen molar-refractivity contribution in [3.05, 3.63) is 4.72 Å². The fraction of sp³-hybridized carbons (Fsp3) is 0.889. The van der Waals surface area contributed by atoms with Gasteiger partial charge in [0, 0.05) is 19.8 Å². The van der Waals surface area contributed by atoms with E-state index in [0.717, 1.165) is 0 Å². The summed E-state index contributed by atoms with van der Waals surface area (Å²) in [6.45, 7) is 6.44. The van der Waals surface area contributed by atoms with Crippen molar-refractivity contribution in [1.29, 1.82) is 0 Å². The standard InChI is InChI=1S/C18H33F3N3O7S/c1-4-17(2,3)15(25)31-12-9-23-16(26)22-7-5-10-29-13-14-30-11-6-8-24-32(27,28)18(19,20)21/h4-14H2,1-3H3,(H2,22,23,26)/q-1. The molecular weight excluding hydrogens is 459 g/mol. The normalized spacial score (nSPS) is 12.4. The molecule has 14 heteroatoms. The molecule has 0 saturated carbocycles. The van der Waals surface area contributed by atoms with Gasteiger partial charge in [0.05, 0.1) is 25.2 Å². The molecule has 0 aliphatic heterocycles. The number of sulfonamides is 1. The molecule has 2 N–H and O–H groups in total. The van der Waals surface area contributed by atoms with Crippen LogP contribution in [0, 0.1) is 5.41 Å². The van der Waals surface area contributed by atoms with Crippen LogP contribution in [0.25, 0.3) is 4.72 Å². The van der Waals surface area contributed by atoms with Crippen molar-refractivity contribution >= 4 is 22.0 Å². The number of esters is 1. The van der Waals surface area contributed by atoms with Crippen LogP contribution in [0.15, 0.2) is 0 Å². The summed E-state index contributed by atoms with van der Waals surface area (Å²) >= 11 is 0. The van der Waals surface area contributed by atoms with Gasteiger partial charge in [0.15, 0.2) is 10.0 Å². The first-order valence-corrected chi connectivity index (χ1v) is 11.6. The van der Waals surface area contributed by atoms with Gasteiger partial charge in [0.1, 0.15) is 6.61 Å². The number of carbonyl (C=O) groups excluding carboxylic acids is 2. The number of hydrogen-bond acceptors (Lipinski definition) is 7. The second-order valence-electron chi connectivity index (χ2n) is 7.26. The molecule has 0 aliphatic rings. The van der Waals surface area contributed by atoms with E-state index in [1.165, 1.54) is 0 Å². The molecule has 0 aliphatic carbocycles. The van der Waals surface area contributed by atoms with Gasteiger partial charge in [-0.2, -0.15) is 13.2 Å². The minimum Gasteiger partial charge on any atom is -0.541 e. The topological polar surface area (TPSA) is 134 Å². The smallest absolute Gasteiger partial charge is 0.480 e. The number of hydrogen-bond donors (Lipinski definition) is 2. The number of amides is 2. The summed E-state index contributed by atoms with van der Waals surface area (Å²) in [4.78, 5) is 23.3. The van der Waals surface area contributed by atoms with E-state index in [2.05, 4.69) is 15.4 Å². The highest BCUT2D eigenvalue weighted by Gasteiger charge is 2.38. The molecule has 0 rings (SSSR count). The molecule has 0 spiro atoms. The summed E-state index contributed by atoms with van der Waals surface area (Å²) in [5.41, 5.74) is -5.93. The number of urea groups is 1. The number of alkyl halides is 3. The number of rotatable bonds is 17. The zero-order valence-electron chi connectivity index (χ0n) is 18.6. The second kappa shape index (κ2) is 15.2. The lowest BCUT2D eigenvalue weighted by atomic mass is 9.91. The summed E-state index contributed by atoms with van der Waals surface area (Å²) < 4.78 is 75.6. The van der Waals surface area contributed by atoms with E-state index in [1.807, 2.05) is 6.92 Å². The fourth-order valence-electron chi connectivity index (χ4n) is 1.83. The SMILES string of the molecule is CCC(C)(C)C(=O)OCCNC(=O)NCCCOCCOCCC[N-]S(=O)(=O)C(F)(F)F. The fourth-order valence-corrected chi connectivity index (χ4v) is 2.35. The Hall–Kier alpha value is -1.64. The summed E-state index contributed by atoms with van der Waals surface area (Å²) in [7, 11) is -5.44. The summed E-state index contributed by atoms with van der Waals surface area (Å²) in [5.74, 6) is -0.312. The third-order valence-electron chi connectivity index (χ3n) is 4.18. The molecule has 0 atom stereocenters. The Labute approximate surface area is 187 Å². The maximum absolute atomic E-state index is 12.1. The van der Waals surface area contributed by atoms with Crippen LogP contribution in [0.2, 0.25) is 0 Å². The van der Waals surface area contributed by atoms with Gasteiger partial charge in [-0.25, -0.2) is 13.2 Å².